The van der Waals surface area contributed by atoms with E-state index in [-0.39, 0.29) is 5.60 Å². The van der Waals surface area contributed by atoms with E-state index >= 15 is 0 Å². The molecule has 0 radical (unpaired) electrons. The average molecular weight is 190 g/mol. The zero-order valence-corrected chi connectivity index (χ0v) is 8.70. The van der Waals surface area contributed by atoms with Crippen molar-refractivity contribution in [3.63, 3.8) is 0 Å². The molecule has 1 aromatic rings. The van der Waals surface area contributed by atoms with Crippen molar-refractivity contribution in [3.8, 4) is 11.5 Å². The van der Waals surface area contributed by atoms with Gasteiger partial charge in [0.05, 0.1) is 0 Å². The fraction of sp³-hybridized carbons (Fsp3) is 0.333. The number of hydrogen-bond acceptors (Lipinski definition) is 2. The molecular formula is C12H14O2. The second-order valence-electron chi connectivity index (χ2n) is 3.81. The third-order valence-electron chi connectivity index (χ3n) is 2.29. The van der Waals surface area contributed by atoms with E-state index in [1.807, 2.05) is 51.1 Å². The van der Waals surface area contributed by atoms with Gasteiger partial charge in [0, 0.05) is 0 Å². The lowest BCUT2D eigenvalue weighted by Gasteiger charge is -2.34. The van der Waals surface area contributed by atoms with E-state index in [2.05, 4.69) is 0 Å². The van der Waals surface area contributed by atoms with Crippen LogP contribution in [0.5, 0.6) is 11.5 Å². The van der Waals surface area contributed by atoms with Crippen molar-refractivity contribution in [1.82, 2.24) is 0 Å². The van der Waals surface area contributed by atoms with Crippen molar-refractivity contribution in [2.75, 3.05) is 0 Å². The molecule has 0 bridgehead atoms. The summed E-state index contributed by atoms with van der Waals surface area (Å²) in [5.74, 6) is 2.46. The van der Waals surface area contributed by atoms with Crippen LogP contribution < -0.4 is 9.47 Å². The molecule has 0 saturated carbocycles. The molecule has 0 aromatic heterocycles. The van der Waals surface area contributed by atoms with Crippen molar-refractivity contribution < 1.29 is 9.47 Å². The smallest absolute Gasteiger partial charge is 0.169 e. The van der Waals surface area contributed by atoms with Gasteiger partial charge in [0.2, 0.25) is 0 Å². The number of hydrogen-bond donors (Lipinski definition) is 0. The SMILES string of the molecule is C/C=C1\Oc2ccccc2OC1(C)C. The van der Waals surface area contributed by atoms with Crippen LogP contribution in [-0.4, -0.2) is 5.60 Å². The maximum absolute atomic E-state index is 5.83. The summed E-state index contributed by atoms with van der Waals surface area (Å²) in [6.45, 7) is 5.95. The first-order chi connectivity index (χ1) is 6.63. The fourth-order valence-corrected chi connectivity index (χ4v) is 1.59. The van der Waals surface area contributed by atoms with Crippen LogP contribution in [0.25, 0.3) is 0 Å². The molecule has 1 aliphatic rings. The maximum atomic E-state index is 5.83. The number of para-hydroxylation sites is 2. The summed E-state index contributed by atoms with van der Waals surface area (Å²) in [7, 11) is 0. The predicted octanol–water partition coefficient (Wildman–Crippen LogP) is 3.14. The lowest BCUT2D eigenvalue weighted by Crippen LogP contribution is -2.36. The minimum absolute atomic E-state index is 0.372. The molecule has 1 heterocycles. The van der Waals surface area contributed by atoms with Crippen molar-refractivity contribution in [2.24, 2.45) is 0 Å². The molecule has 2 heteroatoms. The molecule has 0 amide bonds. The minimum atomic E-state index is -0.372. The van der Waals surface area contributed by atoms with Crippen LogP contribution in [0.2, 0.25) is 0 Å². The molecule has 0 saturated heterocycles. The van der Waals surface area contributed by atoms with E-state index in [1.165, 1.54) is 0 Å². The van der Waals surface area contributed by atoms with Gasteiger partial charge in [-0.1, -0.05) is 12.1 Å². The summed E-state index contributed by atoms with van der Waals surface area (Å²) in [5, 5.41) is 0. The molecule has 1 aromatic carbocycles. The van der Waals surface area contributed by atoms with Gasteiger partial charge in [0.1, 0.15) is 5.76 Å². The summed E-state index contributed by atoms with van der Waals surface area (Å²) in [4.78, 5) is 0. The first kappa shape index (κ1) is 9.13. The van der Waals surface area contributed by atoms with Gasteiger partial charge in [0.15, 0.2) is 17.1 Å². The van der Waals surface area contributed by atoms with Crippen molar-refractivity contribution in [3.05, 3.63) is 36.1 Å². The van der Waals surface area contributed by atoms with Gasteiger partial charge >= 0.3 is 0 Å². The Bertz CT molecular complexity index is 378. The van der Waals surface area contributed by atoms with Gasteiger partial charge in [-0.2, -0.15) is 0 Å². The highest BCUT2D eigenvalue weighted by molar-refractivity contribution is 5.44. The van der Waals surface area contributed by atoms with Gasteiger partial charge in [0.25, 0.3) is 0 Å². The molecule has 0 fully saturated rings. The lowest BCUT2D eigenvalue weighted by atomic mass is 10.1. The monoisotopic (exact) mass is 190 g/mol. The number of ether oxygens (including phenoxy) is 2. The molecular weight excluding hydrogens is 176 g/mol. The van der Waals surface area contributed by atoms with E-state index in [4.69, 9.17) is 9.47 Å². The first-order valence-corrected chi connectivity index (χ1v) is 4.76. The second kappa shape index (κ2) is 3.05. The van der Waals surface area contributed by atoms with E-state index in [0.29, 0.717) is 0 Å². The molecule has 0 unspecified atom stereocenters. The number of rotatable bonds is 0. The Morgan fingerprint density at radius 2 is 1.79 bits per heavy atom. The Balaban J connectivity index is 2.45. The average Bonchev–Trinajstić information content (AvgIpc) is 2.15. The minimum Gasteiger partial charge on any atom is -0.476 e. The van der Waals surface area contributed by atoms with Crippen LogP contribution in [0.3, 0.4) is 0 Å². The number of allylic oxidation sites excluding steroid dienone is 1. The molecule has 1 aliphatic heterocycles. The van der Waals surface area contributed by atoms with Gasteiger partial charge in [-0.05, 0) is 39.0 Å². The van der Waals surface area contributed by atoms with Crippen LogP contribution in [0.15, 0.2) is 36.1 Å². The molecule has 0 aliphatic carbocycles. The summed E-state index contributed by atoms with van der Waals surface area (Å²) in [6, 6.07) is 7.71. The largest absolute Gasteiger partial charge is 0.476 e. The second-order valence-corrected chi connectivity index (χ2v) is 3.81. The first-order valence-electron chi connectivity index (χ1n) is 4.76. The van der Waals surface area contributed by atoms with Gasteiger partial charge < -0.3 is 9.47 Å². The predicted molar refractivity (Wildman–Crippen MR) is 55.5 cm³/mol. The molecule has 14 heavy (non-hydrogen) atoms. The highest BCUT2D eigenvalue weighted by Crippen LogP contribution is 2.39. The van der Waals surface area contributed by atoms with Crippen molar-refractivity contribution in [2.45, 2.75) is 26.4 Å². The van der Waals surface area contributed by atoms with Crippen molar-refractivity contribution >= 4 is 0 Å². The van der Waals surface area contributed by atoms with Gasteiger partial charge in [-0.15, -0.1) is 0 Å². The Morgan fingerprint density at radius 3 is 2.43 bits per heavy atom. The number of fused-ring (bicyclic) bond motifs is 1. The van der Waals surface area contributed by atoms with Gasteiger partial charge in [-0.3, -0.25) is 0 Å². The standard InChI is InChI=1S/C12H14O2/c1-4-11-12(2,3)14-10-8-6-5-7-9(10)13-11/h4-8H,1-3H3/b11-4-. The molecule has 2 rings (SSSR count). The topological polar surface area (TPSA) is 18.5 Å². The normalized spacial score (nSPS) is 20.9. The zero-order chi connectivity index (χ0) is 10.2. The highest BCUT2D eigenvalue weighted by Gasteiger charge is 2.32. The van der Waals surface area contributed by atoms with E-state index in [9.17, 15) is 0 Å². The Kier molecular flexibility index (Phi) is 1.99. The van der Waals surface area contributed by atoms with E-state index in [0.717, 1.165) is 17.3 Å². The third kappa shape index (κ3) is 1.37. The lowest BCUT2D eigenvalue weighted by molar-refractivity contribution is 0.0733. The Morgan fingerprint density at radius 1 is 1.14 bits per heavy atom. The molecule has 2 nitrogen and oxygen atoms in total. The molecule has 74 valence electrons. The summed E-state index contributed by atoms with van der Waals surface area (Å²) in [5.41, 5.74) is -0.372. The maximum Gasteiger partial charge on any atom is 0.169 e. The third-order valence-corrected chi connectivity index (χ3v) is 2.29. The van der Waals surface area contributed by atoms with Gasteiger partial charge in [-0.25, -0.2) is 0 Å². The van der Waals surface area contributed by atoms with Crippen LogP contribution in [0, 0.1) is 0 Å². The van der Waals surface area contributed by atoms with E-state index < -0.39 is 0 Å². The zero-order valence-electron chi connectivity index (χ0n) is 8.70. The van der Waals surface area contributed by atoms with Crippen molar-refractivity contribution in [1.29, 1.82) is 0 Å². The summed E-state index contributed by atoms with van der Waals surface area (Å²) < 4.78 is 11.6. The molecule has 0 N–H and O–H groups in total. The molecule has 0 spiro atoms. The van der Waals surface area contributed by atoms with Crippen LogP contribution >= 0.6 is 0 Å². The molecule has 0 atom stereocenters. The van der Waals surface area contributed by atoms with Crippen LogP contribution in [0.1, 0.15) is 20.8 Å². The fourth-order valence-electron chi connectivity index (χ4n) is 1.59. The van der Waals surface area contributed by atoms with E-state index in [1.54, 1.807) is 0 Å². The summed E-state index contributed by atoms with van der Waals surface area (Å²) >= 11 is 0. The quantitative estimate of drug-likeness (QED) is 0.625. The highest BCUT2D eigenvalue weighted by atomic mass is 16.6. The number of benzene rings is 1. The Hall–Kier alpha value is -1.44. The van der Waals surface area contributed by atoms with Crippen LogP contribution in [-0.2, 0) is 0 Å². The Labute approximate surface area is 84.2 Å². The summed E-state index contributed by atoms with van der Waals surface area (Å²) in [6.07, 6.45) is 1.94. The van der Waals surface area contributed by atoms with Crippen LogP contribution in [0.4, 0.5) is 0 Å².